The first-order valence-electron chi connectivity index (χ1n) is 11.0. The van der Waals surface area contributed by atoms with Crippen LogP contribution in [0.4, 0.5) is 13.2 Å². The van der Waals surface area contributed by atoms with Crippen LogP contribution in [-0.2, 0) is 6.18 Å². The zero-order valence-electron chi connectivity index (χ0n) is 18.3. The molecule has 5 rings (SSSR count). The SMILES string of the molecule is Cc1ccnnc1[C@@H](c1cccc(-n2cc3c(C(F)(F)F)cc(C=O)cn3c2=O)c1)C1CCC1. The maximum Gasteiger partial charge on any atom is 0.418 e. The fourth-order valence-electron chi connectivity index (χ4n) is 4.69. The number of benzene rings is 1. The number of hydrogen-bond acceptors (Lipinski definition) is 4. The minimum Gasteiger partial charge on any atom is -0.298 e. The van der Waals surface area contributed by atoms with Crippen molar-refractivity contribution in [2.75, 3.05) is 0 Å². The molecule has 0 bridgehead atoms. The van der Waals surface area contributed by atoms with Gasteiger partial charge < -0.3 is 0 Å². The summed E-state index contributed by atoms with van der Waals surface area (Å²) >= 11 is 0. The van der Waals surface area contributed by atoms with Crippen molar-refractivity contribution >= 4 is 11.8 Å². The van der Waals surface area contributed by atoms with Gasteiger partial charge in [-0.15, -0.1) is 0 Å². The lowest BCUT2D eigenvalue weighted by atomic mass is 9.71. The van der Waals surface area contributed by atoms with Crippen LogP contribution in [0.15, 0.2) is 59.8 Å². The molecule has 1 aliphatic rings. The van der Waals surface area contributed by atoms with Crippen LogP contribution in [0.3, 0.4) is 0 Å². The Hall–Kier alpha value is -3.75. The molecule has 6 nitrogen and oxygen atoms in total. The number of aryl methyl sites for hydroxylation is 1. The summed E-state index contributed by atoms with van der Waals surface area (Å²) in [5, 5.41) is 8.45. The Labute approximate surface area is 192 Å². The molecule has 34 heavy (non-hydrogen) atoms. The molecule has 0 unspecified atom stereocenters. The van der Waals surface area contributed by atoms with Crippen LogP contribution in [0.25, 0.3) is 11.2 Å². The second-order valence-electron chi connectivity index (χ2n) is 8.70. The first-order valence-corrected chi connectivity index (χ1v) is 11.0. The Morgan fingerprint density at radius 3 is 2.59 bits per heavy atom. The molecular weight excluding hydrogens is 445 g/mol. The second kappa shape index (κ2) is 8.23. The lowest BCUT2D eigenvalue weighted by Crippen LogP contribution is -2.24. The van der Waals surface area contributed by atoms with Gasteiger partial charge in [-0.3, -0.25) is 13.8 Å². The molecule has 1 atom stereocenters. The van der Waals surface area contributed by atoms with Crippen molar-refractivity contribution in [3.05, 3.63) is 93.4 Å². The van der Waals surface area contributed by atoms with E-state index < -0.39 is 17.4 Å². The normalized spacial score (nSPS) is 15.3. The molecule has 0 aliphatic heterocycles. The number of carbonyl (C=O) groups excluding carboxylic acids is 1. The van der Waals surface area contributed by atoms with Crippen molar-refractivity contribution < 1.29 is 18.0 Å². The summed E-state index contributed by atoms with van der Waals surface area (Å²) in [4.78, 5) is 24.3. The number of halogens is 3. The maximum absolute atomic E-state index is 13.7. The lowest BCUT2D eigenvalue weighted by molar-refractivity contribution is -0.136. The number of hydrogen-bond donors (Lipinski definition) is 0. The number of pyridine rings is 1. The molecule has 3 heterocycles. The van der Waals surface area contributed by atoms with E-state index in [-0.39, 0.29) is 17.0 Å². The van der Waals surface area contributed by atoms with E-state index >= 15 is 0 Å². The molecule has 1 aliphatic carbocycles. The average molecular weight is 466 g/mol. The van der Waals surface area contributed by atoms with Crippen molar-refractivity contribution in [1.29, 1.82) is 0 Å². The van der Waals surface area contributed by atoms with E-state index in [0.717, 1.165) is 52.7 Å². The minimum absolute atomic E-state index is 0.0254. The van der Waals surface area contributed by atoms with E-state index in [2.05, 4.69) is 10.2 Å². The van der Waals surface area contributed by atoms with E-state index in [1.165, 1.54) is 10.8 Å². The number of nitrogens with zero attached hydrogens (tertiary/aromatic N) is 4. The quantitative estimate of drug-likeness (QED) is 0.390. The zero-order valence-corrected chi connectivity index (χ0v) is 18.3. The summed E-state index contributed by atoms with van der Waals surface area (Å²) in [6, 6.07) is 9.91. The van der Waals surface area contributed by atoms with Gasteiger partial charge in [-0.25, -0.2) is 4.79 Å². The van der Waals surface area contributed by atoms with Crippen molar-refractivity contribution in [2.45, 2.75) is 38.3 Å². The van der Waals surface area contributed by atoms with E-state index in [0.29, 0.717) is 17.9 Å². The molecule has 9 heteroatoms. The summed E-state index contributed by atoms with van der Waals surface area (Å²) < 4.78 is 43.0. The van der Waals surface area contributed by atoms with Gasteiger partial charge in [-0.2, -0.15) is 23.4 Å². The standard InChI is InChI=1S/C25H21F3N4O2/c1-15-8-9-29-30-23(15)22(17-4-2-5-17)18-6-3-7-19(11-18)31-13-21-20(25(26,27)28)10-16(14-33)12-32(21)24(31)34/h3,6-14,17,22H,2,4-5H2,1H3/t22-/m1/s1. The molecule has 0 spiro atoms. The van der Waals surface area contributed by atoms with Crippen molar-refractivity contribution in [3.63, 3.8) is 0 Å². The molecule has 0 radical (unpaired) electrons. The van der Waals surface area contributed by atoms with Crippen LogP contribution in [-0.4, -0.2) is 25.5 Å². The lowest BCUT2D eigenvalue weighted by Gasteiger charge is -2.34. The highest BCUT2D eigenvalue weighted by Crippen LogP contribution is 2.43. The smallest absolute Gasteiger partial charge is 0.298 e. The van der Waals surface area contributed by atoms with Gasteiger partial charge in [0.15, 0.2) is 6.29 Å². The number of fused-ring (bicyclic) bond motifs is 1. The van der Waals surface area contributed by atoms with Crippen LogP contribution in [0.1, 0.15) is 57.9 Å². The van der Waals surface area contributed by atoms with Gasteiger partial charge in [0.05, 0.1) is 22.5 Å². The molecule has 1 saturated carbocycles. The molecule has 0 amide bonds. The number of aldehydes is 1. The predicted molar refractivity (Wildman–Crippen MR) is 119 cm³/mol. The Balaban J connectivity index is 1.67. The van der Waals surface area contributed by atoms with Crippen LogP contribution < -0.4 is 5.69 Å². The van der Waals surface area contributed by atoms with Crippen LogP contribution >= 0.6 is 0 Å². The fourth-order valence-corrected chi connectivity index (χ4v) is 4.69. The summed E-state index contributed by atoms with van der Waals surface area (Å²) in [6.45, 7) is 1.98. The Bertz CT molecular complexity index is 1450. The van der Waals surface area contributed by atoms with Crippen LogP contribution in [0.5, 0.6) is 0 Å². The van der Waals surface area contributed by atoms with Gasteiger partial charge in [0.1, 0.15) is 0 Å². The van der Waals surface area contributed by atoms with Gasteiger partial charge in [-0.1, -0.05) is 18.6 Å². The largest absolute Gasteiger partial charge is 0.418 e. The monoisotopic (exact) mass is 466 g/mol. The molecule has 0 saturated heterocycles. The highest BCUT2D eigenvalue weighted by atomic mass is 19.4. The van der Waals surface area contributed by atoms with Gasteiger partial charge in [0.25, 0.3) is 0 Å². The third-order valence-corrected chi connectivity index (χ3v) is 6.61. The molecule has 0 N–H and O–H groups in total. The minimum atomic E-state index is -4.72. The average Bonchev–Trinajstić information content (AvgIpc) is 3.12. The van der Waals surface area contributed by atoms with Gasteiger partial charge in [-0.05, 0) is 61.1 Å². The summed E-state index contributed by atoms with van der Waals surface area (Å²) in [5.74, 6) is 0.352. The Morgan fingerprint density at radius 2 is 1.94 bits per heavy atom. The van der Waals surface area contributed by atoms with Crippen molar-refractivity contribution in [3.8, 4) is 5.69 Å². The molecule has 174 valence electrons. The zero-order chi connectivity index (χ0) is 24.0. The third-order valence-electron chi connectivity index (χ3n) is 6.61. The van der Waals surface area contributed by atoms with Crippen molar-refractivity contribution in [2.24, 2.45) is 5.92 Å². The molecule has 3 aromatic heterocycles. The Morgan fingerprint density at radius 1 is 1.15 bits per heavy atom. The first-order chi connectivity index (χ1) is 16.3. The fraction of sp³-hybridized carbons (Fsp3) is 0.280. The summed E-state index contributed by atoms with van der Waals surface area (Å²) in [5.41, 5.74) is 0.999. The van der Waals surface area contributed by atoms with E-state index in [1.54, 1.807) is 18.3 Å². The third kappa shape index (κ3) is 3.70. The summed E-state index contributed by atoms with van der Waals surface area (Å²) in [6.07, 6.45) is 2.74. The highest BCUT2D eigenvalue weighted by Gasteiger charge is 2.35. The number of imidazole rings is 1. The summed E-state index contributed by atoms with van der Waals surface area (Å²) in [7, 11) is 0. The van der Waals surface area contributed by atoms with Gasteiger partial charge in [0.2, 0.25) is 0 Å². The molecule has 4 aromatic rings. The second-order valence-corrected chi connectivity index (χ2v) is 8.70. The highest BCUT2D eigenvalue weighted by molar-refractivity contribution is 5.77. The van der Waals surface area contributed by atoms with E-state index in [1.807, 2.05) is 25.1 Å². The van der Waals surface area contributed by atoms with E-state index in [4.69, 9.17) is 0 Å². The number of alkyl halides is 3. The van der Waals surface area contributed by atoms with Crippen LogP contribution in [0.2, 0.25) is 0 Å². The number of aromatic nitrogens is 4. The molecular formula is C25H21F3N4O2. The maximum atomic E-state index is 13.7. The number of carbonyl (C=O) groups is 1. The predicted octanol–water partition coefficient (Wildman–Crippen LogP) is 4.95. The van der Waals surface area contributed by atoms with Gasteiger partial charge in [0, 0.05) is 30.1 Å². The molecule has 1 aromatic carbocycles. The topological polar surface area (TPSA) is 69.3 Å². The molecule has 1 fully saturated rings. The van der Waals surface area contributed by atoms with Crippen LogP contribution in [0, 0.1) is 12.8 Å². The Kier molecular flexibility index (Phi) is 5.34. The van der Waals surface area contributed by atoms with Crippen molar-refractivity contribution in [1.82, 2.24) is 19.2 Å². The van der Waals surface area contributed by atoms with E-state index in [9.17, 15) is 22.8 Å². The van der Waals surface area contributed by atoms with Gasteiger partial charge >= 0.3 is 11.9 Å². The first kappa shape index (κ1) is 22.1. The number of rotatable bonds is 5.